The summed E-state index contributed by atoms with van der Waals surface area (Å²) in [5.41, 5.74) is 0. The highest BCUT2D eigenvalue weighted by molar-refractivity contribution is 7.92. The second-order valence-corrected chi connectivity index (χ2v) is 3.24. The second-order valence-electron chi connectivity index (χ2n) is 2.49. The van der Waals surface area contributed by atoms with E-state index >= 15 is 0 Å². The lowest BCUT2D eigenvalue weighted by Crippen LogP contribution is -2.29. The third-order valence-corrected chi connectivity index (χ3v) is 2.55. The largest absolute Gasteiger partial charge is 0.870 e. The highest BCUT2D eigenvalue weighted by atomic mass is 32.2. The van der Waals surface area contributed by atoms with E-state index < -0.39 is 0 Å². The van der Waals surface area contributed by atoms with Gasteiger partial charge in [-0.25, -0.2) is 4.98 Å². The third kappa shape index (κ3) is 2.72. The van der Waals surface area contributed by atoms with Crippen molar-refractivity contribution in [1.29, 1.82) is 0 Å². The monoisotopic (exact) mass is 204 g/mol. The van der Waals surface area contributed by atoms with E-state index in [-0.39, 0.29) is 11.6 Å². The standard InChI is InChI=1S/C8H14N2OS.H2O/c1-4-7(11-2)8-9-5-6-10(8)12-3;/h5-7H,4H2,1-3H3;1H2. The first-order valence-corrected chi connectivity index (χ1v) is 5.17. The number of aromatic nitrogens is 2. The van der Waals surface area contributed by atoms with E-state index in [1.165, 1.54) is 0 Å². The van der Waals surface area contributed by atoms with Gasteiger partial charge >= 0.3 is 0 Å². The van der Waals surface area contributed by atoms with Gasteiger partial charge in [0.1, 0.15) is 12.4 Å². The van der Waals surface area contributed by atoms with E-state index in [2.05, 4.69) is 15.9 Å². The van der Waals surface area contributed by atoms with Crippen LogP contribution in [0.1, 0.15) is 25.3 Å². The lowest BCUT2D eigenvalue weighted by molar-refractivity contribution is -0.509. The number of nitrogens with zero attached hydrogens (tertiary/aromatic N) is 1. The predicted molar refractivity (Wildman–Crippen MR) is 51.9 cm³/mol. The molecule has 0 saturated carbocycles. The minimum absolute atomic E-state index is 0. The van der Waals surface area contributed by atoms with Gasteiger partial charge in [-0.1, -0.05) is 6.92 Å². The molecule has 0 fully saturated rings. The Morgan fingerprint density at radius 2 is 2.38 bits per heavy atom. The first kappa shape index (κ1) is 12.5. The molecule has 4 nitrogen and oxygen atoms in total. The lowest BCUT2D eigenvalue weighted by atomic mass is 10.3. The van der Waals surface area contributed by atoms with E-state index in [1.807, 2.05) is 18.6 Å². The molecule has 0 aliphatic heterocycles. The summed E-state index contributed by atoms with van der Waals surface area (Å²) in [7, 11) is 1.74. The number of ether oxygens (including phenoxy) is 1. The van der Waals surface area contributed by atoms with Crippen LogP contribution in [0.15, 0.2) is 12.4 Å². The molecule has 1 unspecified atom stereocenters. The maximum absolute atomic E-state index is 5.32. The van der Waals surface area contributed by atoms with Crippen molar-refractivity contribution >= 4 is 11.9 Å². The van der Waals surface area contributed by atoms with Gasteiger partial charge in [-0.2, -0.15) is 3.97 Å². The molecule has 0 radical (unpaired) electrons. The molecule has 1 rings (SSSR count). The lowest BCUT2D eigenvalue weighted by Gasteiger charge is -2.07. The van der Waals surface area contributed by atoms with Crippen LogP contribution in [0.4, 0.5) is 0 Å². The molecule has 2 N–H and O–H groups in total. The molecule has 1 aromatic rings. The predicted octanol–water partition coefficient (Wildman–Crippen LogP) is 1.35. The summed E-state index contributed by atoms with van der Waals surface area (Å²) in [6, 6.07) is 0. The van der Waals surface area contributed by atoms with Gasteiger partial charge in [0.15, 0.2) is 6.10 Å². The average molecular weight is 204 g/mol. The first-order chi connectivity index (χ1) is 5.83. The van der Waals surface area contributed by atoms with E-state index in [4.69, 9.17) is 4.74 Å². The van der Waals surface area contributed by atoms with Gasteiger partial charge in [-0.15, -0.1) is 0 Å². The quantitative estimate of drug-likeness (QED) is 0.753. The Hall–Kier alpha value is -0.520. The van der Waals surface area contributed by atoms with Gasteiger partial charge in [-0.3, -0.25) is 0 Å². The first-order valence-electron chi connectivity index (χ1n) is 3.99. The van der Waals surface area contributed by atoms with E-state index in [9.17, 15) is 0 Å². The summed E-state index contributed by atoms with van der Waals surface area (Å²) in [5.74, 6) is 1.12. The molecule has 1 heterocycles. The highest BCUT2D eigenvalue weighted by Crippen LogP contribution is 2.14. The summed E-state index contributed by atoms with van der Waals surface area (Å²) in [5, 5.41) is 0. The van der Waals surface area contributed by atoms with E-state index in [1.54, 1.807) is 19.1 Å². The smallest absolute Gasteiger partial charge is 0.295 e. The van der Waals surface area contributed by atoms with Crippen LogP contribution < -0.4 is 3.97 Å². The average Bonchev–Trinajstić information content (AvgIpc) is 2.55. The molecule has 1 aromatic heterocycles. The third-order valence-electron chi connectivity index (χ3n) is 1.84. The van der Waals surface area contributed by atoms with Crippen LogP contribution in [0.3, 0.4) is 0 Å². The molecule has 0 amide bonds. The van der Waals surface area contributed by atoms with Crippen LogP contribution in [0.5, 0.6) is 0 Å². The number of methoxy groups -OCH3 is 1. The number of nitrogens with one attached hydrogen (secondary N) is 1. The SMILES string of the molecule is CCC(OC)c1[nH]cc[n+]1SC.[OH-]. The fourth-order valence-electron chi connectivity index (χ4n) is 1.20. The van der Waals surface area contributed by atoms with Gasteiger partial charge in [0.25, 0.3) is 5.82 Å². The molecule has 0 aromatic carbocycles. The highest BCUT2D eigenvalue weighted by Gasteiger charge is 2.20. The Morgan fingerprint density at radius 3 is 2.85 bits per heavy atom. The number of hydrogen-bond acceptors (Lipinski definition) is 3. The number of aromatic amines is 1. The van der Waals surface area contributed by atoms with Crippen LogP contribution in [-0.2, 0) is 4.74 Å². The van der Waals surface area contributed by atoms with Crippen molar-refractivity contribution in [2.75, 3.05) is 13.4 Å². The van der Waals surface area contributed by atoms with E-state index in [0.717, 1.165) is 12.2 Å². The van der Waals surface area contributed by atoms with Crippen LogP contribution in [-0.4, -0.2) is 23.8 Å². The minimum Gasteiger partial charge on any atom is -0.870 e. The minimum atomic E-state index is 0. The summed E-state index contributed by atoms with van der Waals surface area (Å²) in [6.07, 6.45) is 7.12. The summed E-state index contributed by atoms with van der Waals surface area (Å²) < 4.78 is 7.40. The van der Waals surface area contributed by atoms with Crippen molar-refractivity contribution in [2.45, 2.75) is 19.4 Å². The number of hydrogen-bond donors (Lipinski definition) is 1. The molecule has 76 valence electrons. The van der Waals surface area contributed by atoms with Crippen LogP contribution in [0.2, 0.25) is 0 Å². The van der Waals surface area contributed by atoms with Crippen molar-refractivity contribution in [3.05, 3.63) is 18.2 Å². The van der Waals surface area contributed by atoms with Crippen molar-refractivity contribution in [1.82, 2.24) is 4.98 Å². The Kier molecular flexibility index (Phi) is 5.77. The fourth-order valence-corrected chi connectivity index (χ4v) is 1.75. The molecule has 0 aliphatic rings. The van der Waals surface area contributed by atoms with Gasteiger partial charge in [0, 0.05) is 13.4 Å². The van der Waals surface area contributed by atoms with Crippen molar-refractivity contribution < 1.29 is 14.2 Å². The zero-order chi connectivity index (χ0) is 8.97. The Balaban J connectivity index is 0.00000144. The molecule has 0 saturated heterocycles. The molecule has 0 bridgehead atoms. The Morgan fingerprint density at radius 1 is 1.69 bits per heavy atom. The molecule has 13 heavy (non-hydrogen) atoms. The molecule has 1 atom stereocenters. The van der Waals surface area contributed by atoms with Gasteiger partial charge < -0.3 is 10.2 Å². The van der Waals surface area contributed by atoms with Crippen LogP contribution in [0, 0.1) is 0 Å². The summed E-state index contributed by atoms with van der Waals surface area (Å²) in [6.45, 7) is 2.11. The van der Waals surface area contributed by atoms with E-state index in [0.29, 0.717) is 0 Å². The molecular weight excluding hydrogens is 188 g/mol. The molecule has 0 aliphatic carbocycles. The van der Waals surface area contributed by atoms with Crippen LogP contribution in [0.25, 0.3) is 0 Å². The maximum Gasteiger partial charge on any atom is 0.295 e. The number of H-pyrrole nitrogens is 1. The van der Waals surface area contributed by atoms with Crippen molar-refractivity contribution in [3.63, 3.8) is 0 Å². The maximum atomic E-state index is 5.32. The van der Waals surface area contributed by atoms with Crippen molar-refractivity contribution in [3.8, 4) is 0 Å². The normalized spacial score (nSPS) is 12.2. The molecule has 0 spiro atoms. The Labute approximate surface area is 82.7 Å². The van der Waals surface area contributed by atoms with Crippen LogP contribution >= 0.6 is 11.9 Å². The number of imidazole rings is 1. The molecule has 5 heteroatoms. The van der Waals surface area contributed by atoms with Gasteiger partial charge in [-0.05, 0) is 6.42 Å². The topological polar surface area (TPSA) is 58.9 Å². The fraction of sp³-hybridized carbons (Fsp3) is 0.625. The van der Waals surface area contributed by atoms with Gasteiger partial charge in [0.05, 0.1) is 11.9 Å². The summed E-state index contributed by atoms with van der Waals surface area (Å²) in [4.78, 5) is 3.18. The zero-order valence-electron chi connectivity index (χ0n) is 8.15. The second kappa shape index (κ2) is 6.01. The zero-order valence-corrected chi connectivity index (χ0v) is 8.97. The Bertz CT molecular complexity index is 236. The molecular formula is C8H16N2O2S. The number of rotatable bonds is 4. The summed E-state index contributed by atoms with van der Waals surface area (Å²) >= 11 is 1.67. The van der Waals surface area contributed by atoms with Gasteiger partial charge in [0.2, 0.25) is 0 Å². The van der Waals surface area contributed by atoms with Crippen molar-refractivity contribution in [2.24, 2.45) is 0 Å².